The molecule has 2 amide bonds. The number of anilines is 1. The van der Waals surface area contributed by atoms with Crippen LogP contribution in [-0.4, -0.2) is 28.4 Å². The third kappa shape index (κ3) is 5.37. The largest absolute Gasteiger partial charge is 0.488 e. The molecule has 8 nitrogen and oxygen atoms in total. The summed E-state index contributed by atoms with van der Waals surface area (Å²) in [6, 6.07) is 11.1. The van der Waals surface area contributed by atoms with Gasteiger partial charge < -0.3 is 21.5 Å². The molecule has 1 aromatic carbocycles. The van der Waals surface area contributed by atoms with Crippen LogP contribution in [0.15, 0.2) is 84.9 Å². The van der Waals surface area contributed by atoms with Crippen LogP contribution >= 0.6 is 0 Å². The van der Waals surface area contributed by atoms with E-state index in [0.717, 1.165) is 22.0 Å². The van der Waals surface area contributed by atoms with E-state index in [1.165, 1.54) is 25.3 Å². The van der Waals surface area contributed by atoms with Crippen LogP contribution in [0.1, 0.15) is 6.92 Å². The summed E-state index contributed by atoms with van der Waals surface area (Å²) in [6.07, 6.45) is 7.64. The van der Waals surface area contributed by atoms with Crippen molar-refractivity contribution in [2.45, 2.75) is 6.92 Å². The van der Waals surface area contributed by atoms with E-state index in [-0.39, 0.29) is 18.1 Å². The van der Waals surface area contributed by atoms with Crippen molar-refractivity contribution in [2.24, 2.45) is 11.5 Å². The number of nitrogens with one attached hydrogen (secondary N) is 1. The van der Waals surface area contributed by atoms with Crippen molar-refractivity contribution in [1.29, 1.82) is 0 Å². The minimum absolute atomic E-state index is 0.0420. The summed E-state index contributed by atoms with van der Waals surface area (Å²) in [5.41, 5.74) is 13.8. The van der Waals surface area contributed by atoms with Crippen molar-refractivity contribution in [3.63, 3.8) is 0 Å². The predicted octanol–water partition coefficient (Wildman–Crippen LogP) is 3.07. The molecule has 2 heterocycles. The van der Waals surface area contributed by atoms with Gasteiger partial charge in [0.2, 0.25) is 11.8 Å². The van der Waals surface area contributed by atoms with Gasteiger partial charge in [0.15, 0.2) is 0 Å². The normalized spacial score (nSPS) is 11.5. The number of pyridine rings is 2. The van der Waals surface area contributed by atoms with Crippen molar-refractivity contribution in [3.05, 3.63) is 84.9 Å². The number of carbonyl (C=O) groups is 2. The van der Waals surface area contributed by atoms with Gasteiger partial charge in [-0.25, -0.2) is 4.98 Å². The lowest BCUT2D eigenvalue weighted by molar-refractivity contribution is -0.115. The molecule has 0 saturated heterocycles. The average molecular weight is 429 g/mol. The fourth-order valence-corrected chi connectivity index (χ4v) is 3.02. The first-order valence-electron chi connectivity index (χ1n) is 9.71. The topological polar surface area (TPSA) is 133 Å². The molecule has 0 atom stereocenters. The number of nitrogens with two attached hydrogens (primary N) is 2. The molecule has 32 heavy (non-hydrogen) atoms. The fraction of sp³-hybridized carbons (Fsp3) is 0.0833. The molecule has 0 unspecified atom stereocenters. The molecule has 0 radical (unpaired) electrons. The fourth-order valence-electron chi connectivity index (χ4n) is 3.02. The second kappa shape index (κ2) is 10.0. The molecule has 0 saturated carbocycles. The molecular formula is C24H23N5O3. The van der Waals surface area contributed by atoms with E-state index in [0.29, 0.717) is 17.1 Å². The van der Waals surface area contributed by atoms with Crippen LogP contribution in [0, 0.1) is 0 Å². The minimum atomic E-state index is -0.623. The van der Waals surface area contributed by atoms with Gasteiger partial charge in [0.1, 0.15) is 18.2 Å². The molecule has 5 N–H and O–H groups in total. The summed E-state index contributed by atoms with van der Waals surface area (Å²) >= 11 is 0. The van der Waals surface area contributed by atoms with Gasteiger partial charge in [-0.1, -0.05) is 6.58 Å². The number of fused-ring (bicyclic) bond motifs is 1. The van der Waals surface area contributed by atoms with E-state index in [1.54, 1.807) is 18.5 Å². The highest BCUT2D eigenvalue weighted by Crippen LogP contribution is 2.32. The van der Waals surface area contributed by atoms with E-state index in [2.05, 4.69) is 21.9 Å². The zero-order valence-corrected chi connectivity index (χ0v) is 17.5. The third-order valence-corrected chi connectivity index (χ3v) is 4.51. The van der Waals surface area contributed by atoms with Crippen molar-refractivity contribution in [3.8, 4) is 16.9 Å². The Kier molecular flexibility index (Phi) is 6.97. The van der Waals surface area contributed by atoms with Gasteiger partial charge in [0.25, 0.3) is 0 Å². The molecule has 8 heteroatoms. The van der Waals surface area contributed by atoms with Crippen LogP contribution in [0.2, 0.25) is 0 Å². The maximum Gasteiger partial charge on any atom is 0.249 e. The lowest BCUT2D eigenvalue weighted by Crippen LogP contribution is -2.18. The number of amides is 2. The average Bonchev–Trinajstić information content (AvgIpc) is 2.77. The lowest BCUT2D eigenvalue weighted by Gasteiger charge is -2.14. The van der Waals surface area contributed by atoms with Crippen molar-refractivity contribution in [1.82, 2.24) is 9.97 Å². The molecule has 0 spiro atoms. The summed E-state index contributed by atoms with van der Waals surface area (Å²) in [6.45, 7) is 5.38. The Morgan fingerprint density at radius 2 is 2.00 bits per heavy atom. The molecule has 3 aromatic rings. The number of aromatic nitrogens is 2. The summed E-state index contributed by atoms with van der Waals surface area (Å²) in [4.78, 5) is 31.6. The Morgan fingerprint density at radius 3 is 2.66 bits per heavy atom. The predicted molar refractivity (Wildman–Crippen MR) is 125 cm³/mol. The summed E-state index contributed by atoms with van der Waals surface area (Å²) in [5.74, 6) is 0.214. The van der Waals surface area contributed by atoms with Crippen LogP contribution in [0.25, 0.3) is 22.0 Å². The number of hydrogen-bond donors (Lipinski definition) is 3. The van der Waals surface area contributed by atoms with Gasteiger partial charge in [-0.2, -0.15) is 0 Å². The highest BCUT2D eigenvalue weighted by molar-refractivity contribution is 5.97. The van der Waals surface area contributed by atoms with E-state index >= 15 is 0 Å². The smallest absolute Gasteiger partial charge is 0.249 e. The third-order valence-electron chi connectivity index (χ3n) is 4.51. The number of nitrogens with zero attached hydrogens (tertiary/aromatic N) is 2. The first kappa shape index (κ1) is 22.2. The number of ether oxygens (including phenoxy) is 1. The number of allylic oxidation sites excluding steroid dienone is 2. The van der Waals surface area contributed by atoms with E-state index in [4.69, 9.17) is 16.2 Å². The van der Waals surface area contributed by atoms with E-state index < -0.39 is 5.91 Å². The van der Waals surface area contributed by atoms with Gasteiger partial charge in [-0.05, 0) is 65.9 Å². The molecular weight excluding hydrogens is 406 g/mol. The Morgan fingerprint density at radius 1 is 1.19 bits per heavy atom. The van der Waals surface area contributed by atoms with Crippen molar-refractivity contribution < 1.29 is 14.3 Å². The Balaban J connectivity index is 1.92. The van der Waals surface area contributed by atoms with Gasteiger partial charge in [-0.3, -0.25) is 14.6 Å². The molecule has 2 aromatic heterocycles. The molecule has 0 aliphatic rings. The standard InChI is InChI=1S/C24H23N5O3/c1-15(19(24(26)31)5-3-9-25)14-32-22-12-18(11-21-20(22)6-4-10-27-21)17-7-8-23(28-13-17)29-16(2)30/h3-13H,1,14,25H2,2H3,(H2,26,31)(H,28,29,30)/b9-3-,19-5+. The van der Waals surface area contributed by atoms with Crippen LogP contribution in [0.4, 0.5) is 5.82 Å². The molecule has 0 bridgehead atoms. The number of rotatable bonds is 8. The number of hydrogen-bond acceptors (Lipinski definition) is 6. The summed E-state index contributed by atoms with van der Waals surface area (Å²) < 4.78 is 6.01. The van der Waals surface area contributed by atoms with Gasteiger partial charge in [0.05, 0.1) is 5.52 Å². The molecule has 0 aliphatic carbocycles. The van der Waals surface area contributed by atoms with Gasteiger partial charge >= 0.3 is 0 Å². The van der Waals surface area contributed by atoms with Crippen LogP contribution in [0.3, 0.4) is 0 Å². The second-order valence-corrected chi connectivity index (χ2v) is 6.88. The monoisotopic (exact) mass is 429 g/mol. The van der Waals surface area contributed by atoms with Crippen LogP contribution in [0.5, 0.6) is 5.75 Å². The minimum Gasteiger partial charge on any atom is -0.488 e. The highest BCUT2D eigenvalue weighted by Gasteiger charge is 2.12. The Hall–Kier alpha value is -4.46. The number of primary amides is 1. The zero-order chi connectivity index (χ0) is 23.1. The quantitative estimate of drug-likeness (QED) is 0.372. The van der Waals surface area contributed by atoms with E-state index in [1.807, 2.05) is 30.3 Å². The van der Waals surface area contributed by atoms with Crippen molar-refractivity contribution >= 4 is 28.5 Å². The second-order valence-electron chi connectivity index (χ2n) is 6.88. The number of benzene rings is 1. The van der Waals surface area contributed by atoms with E-state index in [9.17, 15) is 9.59 Å². The molecule has 162 valence electrons. The Bertz CT molecular complexity index is 1230. The zero-order valence-electron chi connectivity index (χ0n) is 17.5. The molecule has 3 rings (SSSR count). The number of carbonyl (C=O) groups excluding carboxylic acids is 2. The van der Waals surface area contributed by atoms with Crippen LogP contribution < -0.4 is 21.5 Å². The maximum atomic E-state index is 11.7. The highest BCUT2D eigenvalue weighted by atomic mass is 16.5. The van der Waals surface area contributed by atoms with Gasteiger partial charge in [-0.15, -0.1) is 0 Å². The van der Waals surface area contributed by atoms with Crippen LogP contribution in [-0.2, 0) is 9.59 Å². The maximum absolute atomic E-state index is 11.7. The SMILES string of the molecule is C=C(COc1cc(-c2ccc(NC(C)=O)nc2)cc2ncccc12)/C(=C\C=C/N)C(N)=O. The van der Waals surface area contributed by atoms with Gasteiger partial charge in [0, 0.05) is 35.8 Å². The van der Waals surface area contributed by atoms with Crippen molar-refractivity contribution in [2.75, 3.05) is 11.9 Å². The summed E-state index contributed by atoms with van der Waals surface area (Å²) in [7, 11) is 0. The Labute approximate surface area is 185 Å². The summed E-state index contributed by atoms with van der Waals surface area (Å²) in [5, 5.41) is 3.44. The first-order valence-corrected chi connectivity index (χ1v) is 9.71. The lowest BCUT2D eigenvalue weighted by atomic mass is 10.0. The first-order chi connectivity index (χ1) is 15.4. The molecule has 0 aliphatic heterocycles. The molecule has 0 fully saturated rings.